The molecule has 1 aliphatic rings. The molecular weight excluding hydrogens is 322 g/mol. The Bertz CT molecular complexity index is 973. The lowest BCUT2D eigenvalue weighted by Gasteiger charge is -2.13. The van der Waals surface area contributed by atoms with Crippen LogP contribution in [-0.4, -0.2) is 34.2 Å². The molecule has 7 nitrogen and oxygen atoms in total. The first kappa shape index (κ1) is 15.1. The van der Waals surface area contributed by atoms with Gasteiger partial charge in [-0.15, -0.1) is 0 Å². The molecule has 0 saturated heterocycles. The number of carbonyl (C=O) groups is 3. The fraction of sp³-hybridized carbons (Fsp3) is 0.111. The molecule has 4 rings (SSSR count). The van der Waals surface area contributed by atoms with Crippen LogP contribution in [0, 0.1) is 0 Å². The van der Waals surface area contributed by atoms with Crippen LogP contribution in [0.25, 0.3) is 11.1 Å². The fourth-order valence-electron chi connectivity index (χ4n) is 2.81. The van der Waals surface area contributed by atoms with Gasteiger partial charge in [-0.3, -0.25) is 19.3 Å². The van der Waals surface area contributed by atoms with Gasteiger partial charge < -0.3 is 9.73 Å². The summed E-state index contributed by atoms with van der Waals surface area (Å²) in [6.45, 7) is 0.0321. The molecule has 25 heavy (non-hydrogen) atoms. The Morgan fingerprint density at radius 2 is 1.80 bits per heavy atom. The number of hydrogen-bond donors (Lipinski definition) is 1. The lowest BCUT2D eigenvalue weighted by molar-refractivity contribution is -0.116. The number of oxazole rings is 1. The second-order valence-corrected chi connectivity index (χ2v) is 5.64. The summed E-state index contributed by atoms with van der Waals surface area (Å²) in [5.41, 5.74) is 2.60. The number of benzene rings is 2. The van der Waals surface area contributed by atoms with E-state index < -0.39 is 0 Å². The normalized spacial score (nSPS) is 13.4. The smallest absolute Gasteiger partial charge is 0.261 e. The van der Waals surface area contributed by atoms with E-state index in [0.717, 1.165) is 4.90 Å². The largest absolute Gasteiger partial charge is 0.443 e. The minimum Gasteiger partial charge on any atom is -0.443 e. The molecule has 0 unspecified atom stereocenters. The summed E-state index contributed by atoms with van der Waals surface area (Å²) in [6.07, 6.45) is 1.35. The number of amides is 3. The molecule has 124 valence electrons. The molecule has 3 aromatic rings. The first-order chi connectivity index (χ1) is 12.1. The minimum absolute atomic E-state index is 0.0162. The van der Waals surface area contributed by atoms with Crippen molar-refractivity contribution in [3.05, 3.63) is 60.0 Å². The van der Waals surface area contributed by atoms with E-state index in [1.807, 2.05) is 0 Å². The Morgan fingerprint density at radius 1 is 1.08 bits per heavy atom. The molecule has 0 saturated carbocycles. The molecular formula is C18H13N3O4. The molecule has 0 radical (unpaired) electrons. The zero-order chi connectivity index (χ0) is 17.4. The third-order valence-corrected chi connectivity index (χ3v) is 4.05. The SMILES string of the molecule is O=C(CCN1C(=O)c2ccccc2C1=O)Nc1ccc2ocnc2c1. The Balaban J connectivity index is 1.41. The first-order valence-electron chi connectivity index (χ1n) is 7.72. The van der Waals surface area contributed by atoms with Gasteiger partial charge in [0.2, 0.25) is 5.91 Å². The maximum absolute atomic E-state index is 12.2. The van der Waals surface area contributed by atoms with Gasteiger partial charge in [-0.1, -0.05) is 12.1 Å². The van der Waals surface area contributed by atoms with Crippen molar-refractivity contribution in [2.24, 2.45) is 0 Å². The Labute approximate surface area is 142 Å². The quantitative estimate of drug-likeness (QED) is 0.739. The second-order valence-electron chi connectivity index (χ2n) is 5.64. The summed E-state index contributed by atoms with van der Waals surface area (Å²) in [4.78, 5) is 41.7. The monoisotopic (exact) mass is 335 g/mol. The van der Waals surface area contributed by atoms with Gasteiger partial charge >= 0.3 is 0 Å². The van der Waals surface area contributed by atoms with Crippen LogP contribution in [0.15, 0.2) is 53.3 Å². The van der Waals surface area contributed by atoms with Crippen molar-refractivity contribution in [2.75, 3.05) is 11.9 Å². The Hall–Kier alpha value is -3.48. The van der Waals surface area contributed by atoms with Gasteiger partial charge in [0.1, 0.15) is 5.52 Å². The molecule has 0 aliphatic carbocycles. The third-order valence-electron chi connectivity index (χ3n) is 4.05. The highest BCUT2D eigenvalue weighted by atomic mass is 16.3. The minimum atomic E-state index is -0.364. The highest BCUT2D eigenvalue weighted by molar-refractivity contribution is 6.21. The average molecular weight is 335 g/mol. The van der Waals surface area contributed by atoms with Crippen LogP contribution in [0.3, 0.4) is 0 Å². The summed E-state index contributed by atoms with van der Waals surface area (Å²) < 4.78 is 5.14. The van der Waals surface area contributed by atoms with E-state index in [4.69, 9.17) is 4.42 Å². The number of aromatic nitrogens is 1. The van der Waals surface area contributed by atoms with Crippen LogP contribution in [0.5, 0.6) is 0 Å². The number of nitrogens with one attached hydrogen (secondary N) is 1. The van der Waals surface area contributed by atoms with E-state index in [0.29, 0.717) is 27.9 Å². The Kier molecular flexibility index (Phi) is 3.53. The van der Waals surface area contributed by atoms with Gasteiger partial charge in [-0.25, -0.2) is 4.98 Å². The molecule has 1 aromatic heterocycles. The molecule has 2 aromatic carbocycles. The molecule has 0 atom stereocenters. The van der Waals surface area contributed by atoms with E-state index >= 15 is 0 Å². The van der Waals surface area contributed by atoms with Crippen LogP contribution in [0.1, 0.15) is 27.1 Å². The van der Waals surface area contributed by atoms with Gasteiger partial charge in [-0.2, -0.15) is 0 Å². The zero-order valence-electron chi connectivity index (χ0n) is 13.1. The van der Waals surface area contributed by atoms with Crippen molar-refractivity contribution in [3.63, 3.8) is 0 Å². The number of nitrogens with zero attached hydrogens (tertiary/aromatic N) is 2. The molecule has 2 heterocycles. The zero-order valence-corrected chi connectivity index (χ0v) is 13.1. The van der Waals surface area contributed by atoms with Crippen molar-refractivity contribution in [3.8, 4) is 0 Å². The number of anilines is 1. The van der Waals surface area contributed by atoms with E-state index in [2.05, 4.69) is 10.3 Å². The Morgan fingerprint density at radius 3 is 2.52 bits per heavy atom. The molecule has 1 aliphatic heterocycles. The van der Waals surface area contributed by atoms with Gasteiger partial charge in [0, 0.05) is 18.7 Å². The summed E-state index contributed by atoms with van der Waals surface area (Å²) in [5, 5.41) is 2.73. The molecule has 0 spiro atoms. The number of rotatable bonds is 4. The first-order valence-corrected chi connectivity index (χ1v) is 7.72. The van der Waals surface area contributed by atoms with Crippen LogP contribution >= 0.6 is 0 Å². The lowest BCUT2D eigenvalue weighted by Crippen LogP contribution is -2.32. The molecule has 0 bridgehead atoms. The van der Waals surface area contributed by atoms with Crippen molar-refractivity contribution in [1.29, 1.82) is 0 Å². The summed E-state index contributed by atoms with van der Waals surface area (Å²) >= 11 is 0. The van der Waals surface area contributed by atoms with Gasteiger partial charge in [0.05, 0.1) is 11.1 Å². The van der Waals surface area contributed by atoms with Crippen LogP contribution in [-0.2, 0) is 4.79 Å². The van der Waals surface area contributed by atoms with Gasteiger partial charge in [0.15, 0.2) is 12.0 Å². The summed E-state index contributed by atoms with van der Waals surface area (Å²) in [7, 11) is 0. The average Bonchev–Trinajstić information content (AvgIpc) is 3.17. The van der Waals surface area contributed by atoms with E-state index in [1.54, 1.807) is 42.5 Å². The maximum atomic E-state index is 12.2. The number of fused-ring (bicyclic) bond motifs is 2. The van der Waals surface area contributed by atoms with E-state index in [1.165, 1.54) is 6.39 Å². The van der Waals surface area contributed by atoms with Crippen molar-refractivity contribution in [2.45, 2.75) is 6.42 Å². The number of hydrogen-bond acceptors (Lipinski definition) is 5. The molecule has 0 fully saturated rings. The third kappa shape index (κ3) is 2.65. The predicted octanol–water partition coefficient (Wildman–Crippen LogP) is 2.45. The van der Waals surface area contributed by atoms with E-state index in [9.17, 15) is 14.4 Å². The van der Waals surface area contributed by atoms with Crippen LogP contribution < -0.4 is 5.32 Å². The van der Waals surface area contributed by atoms with Crippen LogP contribution in [0.4, 0.5) is 5.69 Å². The highest BCUT2D eigenvalue weighted by Gasteiger charge is 2.34. The van der Waals surface area contributed by atoms with Crippen molar-refractivity contribution in [1.82, 2.24) is 9.88 Å². The van der Waals surface area contributed by atoms with Crippen LogP contribution in [0.2, 0.25) is 0 Å². The summed E-state index contributed by atoms with van der Waals surface area (Å²) in [5.74, 6) is -1.02. The van der Waals surface area contributed by atoms with Gasteiger partial charge in [-0.05, 0) is 30.3 Å². The standard InChI is InChI=1S/C18H13N3O4/c22-16(20-11-5-6-15-14(9-11)19-10-25-15)7-8-21-17(23)12-3-1-2-4-13(12)18(21)24/h1-6,9-10H,7-8H2,(H,20,22). The maximum Gasteiger partial charge on any atom is 0.261 e. The molecule has 1 N–H and O–H groups in total. The topological polar surface area (TPSA) is 92.5 Å². The van der Waals surface area contributed by atoms with E-state index in [-0.39, 0.29) is 30.7 Å². The fourth-order valence-corrected chi connectivity index (χ4v) is 2.81. The lowest BCUT2D eigenvalue weighted by atomic mass is 10.1. The van der Waals surface area contributed by atoms with Crippen molar-refractivity contribution >= 4 is 34.5 Å². The number of imide groups is 1. The molecule has 3 amide bonds. The highest BCUT2D eigenvalue weighted by Crippen LogP contribution is 2.23. The summed E-state index contributed by atoms with van der Waals surface area (Å²) in [6, 6.07) is 11.8. The van der Waals surface area contributed by atoms with Gasteiger partial charge in [0.25, 0.3) is 11.8 Å². The second kappa shape index (κ2) is 5.86. The molecule has 7 heteroatoms. The number of carbonyl (C=O) groups excluding carboxylic acids is 3. The predicted molar refractivity (Wildman–Crippen MR) is 89.1 cm³/mol. The van der Waals surface area contributed by atoms with Crippen molar-refractivity contribution < 1.29 is 18.8 Å².